The molecule has 3 aromatic carbocycles. The van der Waals surface area contributed by atoms with E-state index >= 15 is 0 Å². The SMILES string of the molecule is CCCCCCc1cc(-c2cc(SCCC(=O)NCCCC[n+]3c(/C=C4\C(=O)C(/C=C5\Sc6ccccc6N5CCCC)=C4[O-])sc4ccccc43)c(-c3cc(CCCCCC)c(C)s3)c3nsnc23)sc1C. The Kier molecular flexibility index (Phi) is 18.5. The van der Waals surface area contributed by atoms with Crippen LogP contribution < -0.4 is 19.9 Å². The number of carbonyl (C=O) groups is 2. The maximum atomic E-state index is 13.7. The number of anilines is 1. The van der Waals surface area contributed by atoms with Crippen LogP contribution in [0.3, 0.4) is 0 Å². The zero-order valence-corrected chi connectivity index (χ0v) is 47.8. The highest BCUT2D eigenvalue weighted by Crippen LogP contribution is 2.49. The first-order valence-electron chi connectivity index (χ1n) is 26.4. The van der Waals surface area contributed by atoms with Crippen molar-refractivity contribution >= 4 is 114 Å². The Hall–Kier alpha value is -4.57. The van der Waals surface area contributed by atoms with Crippen molar-refractivity contribution in [3.05, 3.63) is 121 Å². The number of aromatic nitrogens is 3. The number of amides is 1. The largest absolute Gasteiger partial charge is 0.871 e. The van der Waals surface area contributed by atoms with Crippen molar-refractivity contribution in [1.82, 2.24) is 14.1 Å². The number of nitrogens with zero attached hydrogens (tertiary/aromatic N) is 4. The summed E-state index contributed by atoms with van der Waals surface area (Å²) in [5.41, 5.74) is 9.79. The molecule has 0 atom stereocenters. The number of thioether (sulfide) groups is 2. The number of rotatable bonds is 26. The number of fused-ring (bicyclic) bond motifs is 3. The smallest absolute Gasteiger partial charge is 0.263 e. The molecule has 0 spiro atoms. The summed E-state index contributed by atoms with van der Waals surface area (Å²) in [6, 6.07) is 23.6. The third-order valence-electron chi connectivity index (χ3n) is 13.9. The Morgan fingerprint density at radius 1 is 0.781 bits per heavy atom. The number of hydrogen-bond donors (Lipinski definition) is 1. The van der Waals surface area contributed by atoms with E-state index in [1.165, 1.54) is 93.7 Å². The summed E-state index contributed by atoms with van der Waals surface area (Å²) in [6.07, 6.45) is 19.8. The third-order valence-corrected chi connectivity index (χ3v) is 19.9. The minimum Gasteiger partial charge on any atom is -0.871 e. The number of hydrogen-bond acceptors (Lipinski definition) is 12. The van der Waals surface area contributed by atoms with Gasteiger partial charge in [0, 0.05) is 95.4 Å². The van der Waals surface area contributed by atoms with Crippen LogP contribution in [-0.4, -0.2) is 39.3 Å². The molecule has 14 heteroatoms. The summed E-state index contributed by atoms with van der Waals surface area (Å²) < 4.78 is 13.2. The van der Waals surface area contributed by atoms with E-state index in [0.29, 0.717) is 25.3 Å². The van der Waals surface area contributed by atoms with Crippen LogP contribution in [0.5, 0.6) is 0 Å². The van der Waals surface area contributed by atoms with Crippen LogP contribution in [0.2, 0.25) is 0 Å². The number of ketones is 1. The second-order valence-electron chi connectivity index (χ2n) is 19.2. The van der Waals surface area contributed by atoms with Gasteiger partial charge in [-0.25, -0.2) is 0 Å². The van der Waals surface area contributed by atoms with Gasteiger partial charge in [-0.2, -0.15) is 13.3 Å². The Balaban J connectivity index is 0.853. The number of carbonyl (C=O) groups excluding carboxylic acids is 2. The van der Waals surface area contributed by atoms with Crippen LogP contribution in [0, 0.1) is 13.8 Å². The van der Waals surface area contributed by atoms with Gasteiger partial charge in [0.05, 0.1) is 22.4 Å². The molecule has 382 valence electrons. The molecule has 1 aliphatic heterocycles. The highest BCUT2D eigenvalue weighted by atomic mass is 32.2. The number of nitrogens with one attached hydrogen (secondary N) is 1. The third kappa shape index (κ3) is 12.3. The molecule has 2 aliphatic rings. The Morgan fingerprint density at radius 3 is 2.23 bits per heavy atom. The van der Waals surface area contributed by atoms with Gasteiger partial charge in [0.2, 0.25) is 11.4 Å². The molecular weight excluding hydrogens is 1020 g/mol. The van der Waals surface area contributed by atoms with E-state index in [-0.39, 0.29) is 28.6 Å². The topological polar surface area (TPSA) is 102 Å². The van der Waals surface area contributed by atoms with E-state index in [9.17, 15) is 14.7 Å². The van der Waals surface area contributed by atoms with Crippen LogP contribution >= 0.6 is 69.3 Å². The van der Waals surface area contributed by atoms with Gasteiger partial charge in [0.1, 0.15) is 15.7 Å². The molecule has 7 aromatic rings. The van der Waals surface area contributed by atoms with Crippen molar-refractivity contribution in [3.63, 3.8) is 0 Å². The average Bonchev–Trinajstić information content (AvgIpc) is 4.24. The first-order valence-corrected chi connectivity index (χ1v) is 31.4. The molecule has 0 fully saturated rings. The average molecular weight is 1090 g/mol. The standard InChI is InChI=1S/C59H67N5O3S6/c1-6-9-12-14-22-40-33-49(69-38(40)4)42-35-50(55(57-56(42)61-73-62-57)51-34-41(39(5)70-51)23-15-13-10-7-2)68-32-28-52(65)60-29-20-21-31-64-46-25-17-19-27-48(46)72-54(64)37-44-58(66)43(59(44)67)36-53-63(30-11-8-3)45-24-16-18-26-47(45)71-53/h16-19,24-27,33-37H,6-15,20-23,28-32H2,1-5H3,(H-,60,65,66,67). The fraction of sp³-hybridized carbons (Fsp3) is 0.407. The monoisotopic (exact) mass is 1090 g/mol. The molecule has 0 unspecified atom stereocenters. The first-order chi connectivity index (χ1) is 35.7. The summed E-state index contributed by atoms with van der Waals surface area (Å²) in [7, 11) is 0. The minimum absolute atomic E-state index is 0.0464. The van der Waals surface area contributed by atoms with Crippen LogP contribution in [0.1, 0.15) is 130 Å². The van der Waals surface area contributed by atoms with Gasteiger partial charge in [0.25, 0.3) is 5.01 Å². The summed E-state index contributed by atoms with van der Waals surface area (Å²) in [5.74, 6) is 0.295. The lowest BCUT2D eigenvalue weighted by Gasteiger charge is -2.29. The molecule has 5 heterocycles. The van der Waals surface area contributed by atoms with E-state index in [1.807, 2.05) is 46.9 Å². The minimum atomic E-state index is -0.199. The first kappa shape index (κ1) is 53.3. The molecule has 0 saturated carbocycles. The van der Waals surface area contributed by atoms with Crippen LogP contribution in [0.25, 0.3) is 48.2 Å². The molecular formula is C59H67N5O3S6. The molecule has 0 radical (unpaired) electrons. The Labute approximate surface area is 456 Å². The summed E-state index contributed by atoms with van der Waals surface area (Å²) >= 11 is 9.99. The molecule has 1 amide bonds. The molecule has 1 N–H and O–H groups in total. The van der Waals surface area contributed by atoms with Gasteiger partial charge in [-0.3, -0.25) is 9.59 Å². The maximum Gasteiger partial charge on any atom is 0.263 e. The van der Waals surface area contributed by atoms with E-state index in [1.54, 1.807) is 47.0 Å². The maximum absolute atomic E-state index is 13.7. The fourth-order valence-corrected chi connectivity index (χ4v) is 15.9. The number of unbranched alkanes of at least 4 members (excludes halogenated alkanes) is 8. The number of aryl methyl sites for hydroxylation is 5. The number of allylic oxidation sites excluding steroid dienone is 3. The quantitative estimate of drug-likeness (QED) is 0.0248. The molecule has 0 saturated heterocycles. The Morgan fingerprint density at radius 2 is 1.48 bits per heavy atom. The molecule has 4 aromatic heterocycles. The normalized spacial score (nSPS) is 14.7. The van der Waals surface area contributed by atoms with Crippen LogP contribution in [-0.2, 0) is 29.0 Å². The van der Waals surface area contributed by atoms with Gasteiger partial charge in [-0.1, -0.05) is 119 Å². The Bertz CT molecular complexity index is 3190. The highest BCUT2D eigenvalue weighted by molar-refractivity contribution is 8.03. The number of benzene rings is 3. The molecule has 9 rings (SSSR count). The predicted molar refractivity (Wildman–Crippen MR) is 311 cm³/mol. The van der Waals surface area contributed by atoms with Crippen molar-refractivity contribution in [3.8, 4) is 20.9 Å². The lowest BCUT2D eigenvalue weighted by Crippen LogP contribution is -2.36. The zero-order chi connectivity index (χ0) is 50.8. The second-order valence-corrected chi connectivity index (χ2v) is 25.5. The van der Waals surface area contributed by atoms with Crippen LogP contribution in [0.15, 0.2) is 105 Å². The predicted octanol–water partition coefficient (Wildman–Crippen LogP) is 15.4. The van der Waals surface area contributed by atoms with Crippen molar-refractivity contribution in [1.29, 1.82) is 0 Å². The van der Waals surface area contributed by atoms with Crippen LogP contribution in [0.4, 0.5) is 5.69 Å². The van der Waals surface area contributed by atoms with Crippen molar-refractivity contribution in [2.24, 2.45) is 0 Å². The number of thiazole rings is 1. The van der Waals surface area contributed by atoms with Gasteiger partial charge in [0.15, 0.2) is 12.3 Å². The summed E-state index contributed by atoms with van der Waals surface area (Å²) in [5, 5.41) is 18.7. The van der Waals surface area contributed by atoms with Crippen molar-refractivity contribution in [2.75, 3.05) is 23.7 Å². The number of para-hydroxylation sites is 2. The van der Waals surface area contributed by atoms with E-state index < -0.39 is 0 Å². The van der Waals surface area contributed by atoms with Gasteiger partial charge >= 0.3 is 0 Å². The van der Waals surface area contributed by atoms with E-state index in [4.69, 9.17) is 8.75 Å². The summed E-state index contributed by atoms with van der Waals surface area (Å²) in [6.45, 7) is 13.3. The molecule has 8 nitrogen and oxygen atoms in total. The molecule has 1 aliphatic carbocycles. The van der Waals surface area contributed by atoms with Gasteiger partial charge in [-0.05, 0) is 106 Å². The highest BCUT2D eigenvalue weighted by Gasteiger charge is 2.32. The van der Waals surface area contributed by atoms with E-state index in [0.717, 1.165) is 103 Å². The zero-order valence-electron chi connectivity index (χ0n) is 42.9. The summed E-state index contributed by atoms with van der Waals surface area (Å²) in [4.78, 5) is 36.9. The fourth-order valence-electron chi connectivity index (χ4n) is 9.74. The number of thiophene rings is 2. The van der Waals surface area contributed by atoms with Gasteiger partial charge < -0.3 is 15.3 Å². The van der Waals surface area contributed by atoms with Gasteiger partial charge in [-0.15, -0.1) is 34.4 Å². The lowest BCUT2D eigenvalue weighted by atomic mass is 9.88. The molecule has 0 bridgehead atoms. The van der Waals surface area contributed by atoms with Crippen molar-refractivity contribution < 1.29 is 19.3 Å². The van der Waals surface area contributed by atoms with Crippen molar-refractivity contribution in [2.45, 2.75) is 147 Å². The number of Topliss-reactive ketones (excluding diaryl/α,β-unsaturated/α-hetero) is 1. The second kappa shape index (κ2) is 25.3. The molecule has 73 heavy (non-hydrogen) atoms. The lowest BCUT2D eigenvalue weighted by molar-refractivity contribution is -0.669. The van der Waals surface area contributed by atoms with E-state index in [2.05, 4.69) is 91.9 Å².